The van der Waals surface area contributed by atoms with Crippen LogP contribution in [0.2, 0.25) is 5.02 Å². The molecule has 0 saturated carbocycles. The molecular weight excluding hydrogens is 397 g/mol. The Morgan fingerprint density at radius 2 is 1.82 bits per heavy atom. The minimum absolute atomic E-state index is 0.0693. The Morgan fingerprint density at radius 3 is 2.43 bits per heavy atom. The molecule has 0 radical (unpaired) electrons. The second-order valence-corrected chi connectivity index (χ2v) is 6.29. The van der Waals surface area contributed by atoms with Crippen molar-refractivity contribution in [1.82, 2.24) is 19.8 Å². The van der Waals surface area contributed by atoms with Crippen molar-refractivity contribution in [3.05, 3.63) is 58.6 Å². The predicted octanol–water partition coefficient (Wildman–Crippen LogP) is 2.91. The maximum Gasteiger partial charge on any atom is 0.417 e. The van der Waals surface area contributed by atoms with Crippen LogP contribution in [0, 0.1) is 10.8 Å². The van der Waals surface area contributed by atoms with Gasteiger partial charge in [-0.05, 0) is 18.2 Å². The van der Waals surface area contributed by atoms with Crippen LogP contribution in [0.5, 0.6) is 0 Å². The van der Waals surface area contributed by atoms with Crippen molar-refractivity contribution in [2.24, 2.45) is 0 Å². The lowest BCUT2D eigenvalue weighted by Crippen LogP contribution is -2.54. The fourth-order valence-corrected chi connectivity index (χ4v) is 3.06. The Kier molecular flexibility index (Phi) is 5.32. The smallest absolute Gasteiger partial charge is 0.329 e. The molecule has 0 bridgehead atoms. The molecule has 1 aliphatic rings. The molecule has 1 aliphatic heterocycles. The van der Waals surface area contributed by atoms with Crippen LogP contribution in [0.25, 0.3) is 0 Å². The monoisotopic (exact) mass is 410 g/mol. The molecular formula is C17H14ClF3N6O. The molecule has 28 heavy (non-hydrogen) atoms. The van der Waals surface area contributed by atoms with Gasteiger partial charge in [0.05, 0.1) is 22.7 Å². The summed E-state index contributed by atoms with van der Waals surface area (Å²) < 4.78 is 39.0. The number of alkyl halides is 3. The van der Waals surface area contributed by atoms with Crippen molar-refractivity contribution in [1.29, 1.82) is 10.8 Å². The Morgan fingerprint density at radius 1 is 1.14 bits per heavy atom. The maximum atomic E-state index is 13.0. The van der Waals surface area contributed by atoms with Gasteiger partial charge in [0.25, 0.3) is 5.91 Å². The van der Waals surface area contributed by atoms with Gasteiger partial charge >= 0.3 is 6.18 Å². The number of rotatable bonds is 2. The fraction of sp³-hybridized carbons (Fsp3) is 0.235. The minimum Gasteiger partial charge on any atom is -0.329 e. The second kappa shape index (κ2) is 7.55. The summed E-state index contributed by atoms with van der Waals surface area (Å²) >= 11 is 5.82. The third-order valence-electron chi connectivity index (χ3n) is 4.13. The second-order valence-electron chi connectivity index (χ2n) is 5.91. The van der Waals surface area contributed by atoms with Crippen LogP contribution in [0.15, 0.2) is 36.7 Å². The molecule has 1 fully saturated rings. The summed E-state index contributed by atoms with van der Waals surface area (Å²) in [5, 5.41) is 15.6. The molecule has 1 aromatic heterocycles. The Hall–Kier alpha value is -3.01. The first-order valence-corrected chi connectivity index (χ1v) is 8.44. The van der Waals surface area contributed by atoms with Crippen molar-refractivity contribution in [3.63, 3.8) is 0 Å². The Bertz CT molecular complexity index is 934. The summed E-state index contributed by atoms with van der Waals surface area (Å²) in [6, 6.07) is 4.74. The van der Waals surface area contributed by atoms with Crippen molar-refractivity contribution in [2.75, 3.05) is 19.6 Å². The zero-order valence-corrected chi connectivity index (χ0v) is 15.1. The molecule has 0 aliphatic carbocycles. The predicted molar refractivity (Wildman–Crippen MR) is 95.7 cm³/mol. The zero-order chi connectivity index (χ0) is 20.5. The van der Waals surface area contributed by atoms with Crippen LogP contribution < -0.4 is 0 Å². The average Bonchev–Trinajstić information content (AvgIpc) is 2.67. The SMILES string of the molecule is N=C1CN(C(=O)c2cccc(C(F)(F)F)c2Cl)CCN1C(=N)c1ncccn1. The maximum absolute atomic E-state index is 13.0. The zero-order valence-electron chi connectivity index (χ0n) is 14.3. The molecule has 146 valence electrons. The van der Waals surface area contributed by atoms with E-state index in [1.807, 2.05) is 0 Å². The van der Waals surface area contributed by atoms with Crippen molar-refractivity contribution in [3.8, 4) is 0 Å². The number of amidine groups is 2. The highest BCUT2D eigenvalue weighted by Crippen LogP contribution is 2.36. The lowest BCUT2D eigenvalue weighted by molar-refractivity contribution is -0.137. The van der Waals surface area contributed by atoms with Gasteiger partial charge in [0.2, 0.25) is 0 Å². The number of amides is 1. The number of carbonyl (C=O) groups is 1. The van der Waals surface area contributed by atoms with Crippen molar-refractivity contribution >= 4 is 29.2 Å². The molecule has 3 rings (SSSR count). The lowest BCUT2D eigenvalue weighted by Gasteiger charge is -2.36. The van der Waals surface area contributed by atoms with Gasteiger partial charge in [0, 0.05) is 25.5 Å². The van der Waals surface area contributed by atoms with Crippen LogP contribution in [0.3, 0.4) is 0 Å². The van der Waals surface area contributed by atoms with Crippen LogP contribution in [-0.4, -0.2) is 57.0 Å². The van der Waals surface area contributed by atoms with Gasteiger partial charge < -0.3 is 9.80 Å². The van der Waals surface area contributed by atoms with Crippen molar-refractivity contribution < 1.29 is 18.0 Å². The van der Waals surface area contributed by atoms with E-state index in [0.717, 1.165) is 12.1 Å². The van der Waals surface area contributed by atoms with E-state index >= 15 is 0 Å². The standard InChI is InChI=1S/C17H14ClF3N6O/c18-13-10(3-1-4-11(13)17(19,20)21)16(28)26-7-8-27(12(22)9-26)14(23)15-24-5-2-6-25-15/h1-6,22-23H,7-9H2. The molecule has 0 spiro atoms. The van der Waals surface area contributed by atoms with Gasteiger partial charge in [-0.15, -0.1) is 0 Å². The Labute approximate surface area is 162 Å². The summed E-state index contributed by atoms with van der Waals surface area (Å²) in [5.74, 6) is -0.731. The van der Waals surface area contributed by atoms with E-state index in [1.54, 1.807) is 6.07 Å². The normalized spacial score (nSPS) is 14.9. The number of nitrogens with zero attached hydrogens (tertiary/aromatic N) is 4. The molecule has 1 saturated heterocycles. The van der Waals surface area contributed by atoms with Gasteiger partial charge in [-0.2, -0.15) is 13.2 Å². The van der Waals surface area contributed by atoms with Gasteiger partial charge in [0.15, 0.2) is 11.7 Å². The number of halogens is 4. The quantitative estimate of drug-likeness (QED) is 0.587. The Balaban J connectivity index is 1.77. The first kappa shape index (κ1) is 19.7. The van der Waals surface area contributed by atoms with Crippen LogP contribution in [-0.2, 0) is 6.18 Å². The van der Waals surface area contributed by atoms with Crippen LogP contribution >= 0.6 is 11.6 Å². The summed E-state index contributed by atoms with van der Waals surface area (Å²) in [6.45, 7) is 0.0296. The third kappa shape index (κ3) is 3.81. The molecule has 11 heteroatoms. The number of carbonyl (C=O) groups excluding carboxylic acids is 1. The van der Waals surface area contributed by atoms with E-state index < -0.39 is 22.7 Å². The van der Waals surface area contributed by atoms with Gasteiger partial charge in [-0.1, -0.05) is 17.7 Å². The number of nitrogens with one attached hydrogen (secondary N) is 2. The minimum atomic E-state index is -4.68. The summed E-state index contributed by atoms with van der Waals surface area (Å²) in [5.41, 5.74) is -1.36. The third-order valence-corrected chi connectivity index (χ3v) is 4.54. The topological polar surface area (TPSA) is 97.0 Å². The van der Waals surface area contributed by atoms with E-state index in [0.29, 0.717) is 0 Å². The highest BCUT2D eigenvalue weighted by atomic mass is 35.5. The van der Waals surface area contributed by atoms with Crippen LogP contribution in [0.1, 0.15) is 21.7 Å². The van der Waals surface area contributed by atoms with E-state index in [9.17, 15) is 18.0 Å². The molecule has 2 heterocycles. The summed E-state index contributed by atoms with van der Waals surface area (Å²) in [7, 11) is 0. The largest absolute Gasteiger partial charge is 0.417 e. The molecule has 0 atom stereocenters. The number of hydrogen-bond donors (Lipinski definition) is 2. The summed E-state index contributed by atoms with van der Waals surface area (Å²) in [6.07, 6.45) is -1.74. The average molecular weight is 411 g/mol. The molecule has 0 unspecified atom stereocenters. The molecule has 7 nitrogen and oxygen atoms in total. The highest BCUT2D eigenvalue weighted by molar-refractivity contribution is 6.34. The van der Waals surface area contributed by atoms with Crippen LogP contribution in [0.4, 0.5) is 13.2 Å². The van der Waals surface area contributed by atoms with Gasteiger partial charge in [-0.25, -0.2) is 9.97 Å². The lowest BCUT2D eigenvalue weighted by atomic mass is 10.1. The molecule has 1 amide bonds. The number of benzene rings is 1. The van der Waals surface area contributed by atoms with Crippen molar-refractivity contribution in [2.45, 2.75) is 6.18 Å². The number of aromatic nitrogens is 2. The molecule has 2 N–H and O–H groups in total. The van der Waals surface area contributed by atoms with Gasteiger partial charge in [-0.3, -0.25) is 15.6 Å². The first-order chi connectivity index (χ1) is 13.2. The first-order valence-electron chi connectivity index (χ1n) is 8.06. The van der Waals surface area contributed by atoms with E-state index in [2.05, 4.69) is 9.97 Å². The van der Waals surface area contributed by atoms with Gasteiger partial charge in [0.1, 0.15) is 5.84 Å². The number of piperazine rings is 1. The van der Waals surface area contributed by atoms with E-state index in [1.165, 1.54) is 28.3 Å². The molecule has 2 aromatic rings. The summed E-state index contributed by atoms with van der Waals surface area (Å²) in [4.78, 5) is 23.1. The highest BCUT2D eigenvalue weighted by Gasteiger charge is 2.36. The molecule has 1 aromatic carbocycles. The number of hydrogen-bond acceptors (Lipinski definition) is 5. The van der Waals surface area contributed by atoms with E-state index in [-0.39, 0.29) is 42.7 Å². The van der Waals surface area contributed by atoms with E-state index in [4.69, 9.17) is 22.4 Å². The fourth-order valence-electron chi connectivity index (χ4n) is 2.75.